The van der Waals surface area contributed by atoms with Crippen molar-refractivity contribution in [2.24, 2.45) is 34.5 Å². The molecule has 0 aliphatic rings. The molecule has 8 nitrogen and oxygen atoms in total. The molecule has 4 atom stereocenters. The van der Waals surface area contributed by atoms with Crippen LogP contribution < -0.4 is 9.47 Å². The van der Waals surface area contributed by atoms with Crippen molar-refractivity contribution in [1.82, 2.24) is 30.0 Å². The predicted molar refractivity (Wildman–Crippen MR) is 438 cm³/mol. The van der Waals surface area contributed by atoms with E-state index in [9.17, 15) is 0 Å². The Morgan fingerprint density at radius 3 is 1.21 bits per heavy atom. The van der Waals surface area contributed by atoms with E-state index in [1.807, 2.05) is 39.1 Å². The molecule has 6 heterocycles. The first kappa shape index (κ1) is 79.0. The van der Waals surface area contributed by atoms with Crippen LogP contribution in [0, 0.1) is 46.1 Å². The van der Waals surface area contributed by atoms with Crippen molar-refractivity contribution in [3.8, 4) is 53.3 Å². The number of benzene rings is 4. The minimum atomic E-state index is -0.850. The monoisotopic (exact) mass is 1460 g/mol. The van der Waals surface area contributed by atoms with Crippen LogP contribution in [0.25, 0.3) is 84.0 Å². The van der Waals surface area contributed by atoms with Gasteiger partial charge in [0.25, 0.3) is 0 Å². The Kier molecular flexibility index (Phi) is 25.0. The Morgan fingerprint density at radius 1 is 0.373 bits per heavy atom. The first-order valence-corrected chi connectivity index (χ1v) is 42.4. The van der Waals surface area contributed by atoms with Gasteiger partial charge >= 0.3 is 0 Å². The van der Waals surface area contributed by atoms with Gasteiger partial charge in [-0.2, -0.15) is 30.0 Å². The predicted octanol–water partition coefficient (Wildman–Crippen LogP) is 28.2. The maximum absolute atomic E-state index is 17.1. The molecule has 0 N–H and O–H groups in total. The highest BCUT2D eigenvalue weighted by atomic mass is 32.1. The summed E-state index contributed by atoms with van der Waals surface area (Å²) in [6.45, 7) is 53.5. The second-order valence-corrected chi connectivity index (χ2v) is 38.3. The summed E-state index contributed by atoms with van der Waals surface area (Å²) in [4.78, 5) is 9.70. The van der Waals surface area contributed by atoms with Gasteiger partial charge in [0, 0.05) is 78.5 Å². The number of hydrogen-bond donors (Lipinski definition) is 0. The largest absolute Gasteiger partial charge is 0.491 e. The highest BCUT2D eigenvalue weighted by Gasteiger charge is 2.44. The lowest BCUT2D eigenvalue weighted by Gasteiger charge is -2.42. The van der Waals surface area contributed by atoms with Crippen LogP contribution in [0.2, 0.25) is 0 Å². The summed E-state index contributed by atoms with van der Waals surface area (Å²) >= 11 is 6.69. The fourth-order valence-electron chi connectivity index (χ4n) is 14.4. The number of halogens is 2. The summed E-state index contributed by atoms with van der Waals surface area (Å²) in [6, 6.07) is 25.3. The van der Waals surface area contributed by atoms with E-state index in [-0.39, 0.29) is 32.8 Å². The van der Waals surface area contributed by atoms with Gasteiger partial charge in [0.05, 0.1) is 35.7 Å². The standard InChI is InChI=1S/C88H122F2N6O2S4/c1-23-31-35-55(27-5)51-95-91-75-61(41-43-65(77(75)93-95)85(15,16)83(9,10)11)69-46-45-67(99-69)59-39-40-60(74(90)73(59)89)68-47-48-71(100-68)88(21,22)86(17,18)66-44-42-62(76-78(66)94-96(92-76)52-56(28-6)36-32-24-2)70-49-63-79(97-53-57(29-7)37-33-25-3)82-64(50-72(102-82)87(19,20)84(12,13)14)80(81(63)101-70)98-54-58(30-8)38-34-26-4/h39-50,55-58H,23-38,51-54H2,1-22H3. The molecule has 0 radical (unpaired) electrons. The molecule has 0 saturated heterocycles. The van der Waals surface area contributed by atoms with Gasteiger partial charge in [-0.15, -0.1) is 45.3 Å². The molecule has 14 heteroatoms. The number of thiophene rings is 4. The Hall–Kier alpha value is -5.54. The van der Waals surface area contributed by atoms with Crippen molar-refractivity contribution in [2.45, 2.75) is 290 Å². The van der Waals surface area contributed by atoms with Gasteiger partial charge in [0.2, 0.25) is 0 Å². The van der Waals surface area contributed by atoms with E-state index >= 15 is 8.78 Å². The highest BCUT2D eigenvalue weighted by Crippen LogP contribution is 2.57. The molecule has 6 aromatic heterocycles. The van der Waals surface area contributed by atoms with E-state index < -0.39 is 22.5 Å². The van der Waals surface area contributed by atoms with E-state index in [2.05, 4.69) is 195 Å². The van der Waals surface area contributed by atoms with E-state index in [1.54, 1.807) is 23.5 Å². The van der Waals surface area contributed by atoms with Gasteiger partial charge in [-0.1, -0.05) is 254 Å². The molecule has 0 aliphatic heterocycles. The fraction of sp³-hybridized carbons (Fsp3) is 0.591. The second kappa shape index (κ2) is 32.3. The third-order valence-electron chi connectivity index (χ3n) is 24.7. The van der Waals surface area contributed by atoms with Crippen LogP contribution in [0.3, 0.4) is 0 Å². The van der Waals surface area contributed by atoms with Crippen molar-refractivity contribution in [2.75, 3.05) is 13.2 Å². The maximum atomic E-state index is 17.1. The zero-order valence-electron chi connectivity index (χ0n) is 66.3. The number of ether oxygens (including phenoxy) is 2. The average molecular weight is 1460 g/mol. The van der Waals surface area contributed by atoms with Gasteiger partial charge in [-0.05, 0) is 125 Å². The third kappa shape index (κ3) is 15.8. The van der Waals surface area contributed by atoms with Gasteiger partial charge in [0.15, 0.2) is 11.6 Å². The molecule has 4 unspecified atom stereocenters. The maximum Gasteiger partial charge on any atom is 0.168 e. The summed E-state index contributed by atoms with van der Waals surface area (Å²) in [5.41, 5.74) is 6.84. The Labute approximate surface area is 627 Å². The molecule has 0 amide bonds. The zero-order valence-corrected chi connectivity index (χ0v) is 69.5. The quantitative estimate of drug-likeness (QED) is 0.0394. The number of fused-ring (bicyclic) bond motifs is 4. The van der Waals surface area contributed by atoms with Crippen LogP contribution in [-0.4, -0.2) is 43.2 Å². The molecule has 554 valence electrons. The number of unbranched alkanes of at least 4 members (excludes halogenated alkanes) is 4. The average Bonchev–Trinajstić information content (AvgIpc) is 1.60. The molecule has 4 aromatic carbocycles. The number of rotatable bonds is 35. The smallest absolute Gasteiger partial charge is 0.168 e. The number of nitrogens with zero attached hydrogens (tertiary/aromatic N) is 6. The number of hydrogen-bond acceptors (Lipinski definition) is 10. The van der Waals surface area contributed by atoms with Crippen molar-refractivity contribution in [1.29, 1.82) is 0 Å². The molecule has 0 spiro atoms. The normalized spacial score (nSPS) is 14.3. The summed E-state index contributed by atoms with van der Waals surface area (Å²) in [5, 5.41) is 23.8. The number of aromatic nitrogens is 6. The lowest BCUT2D eigenvalue weighted by atomic mass is 9.63. The van der Waals surface area contributed by atoms with E-state index in [1.165, 1.54) is 64.4 Å². The van der Waals surface area contributed by atoms with E-state index in [0.29, 0.717) is 46.6 Å². The van der Waals surface area contributed by atoms with Gasteiger partial charge in [-0.25, -0.2) is 8.78 Å². The molecule has 10 aromatic rings. The molecular formula is C88H122F2N6O2S4. The summed E-state index contributed by atoms with van der Waals surface area (Å²) < 4.78 is 51.1. The fourth-order valence-corrected chi connectivity index (χ4v) is 19.4. The van der Waals surface area contributed by atoms with Crippen molar-refractivity contribution < 1.29 is 18.3 Å². The van der Waals surface area contributed by atoms with Gasteiger partial charge in [-0.3, -0.25) is 0 Å². The third-order valence-corrected chi connectivity index (χ3v) is 29.9. The first-order valence-electron chi connectivity index (χ1n) is 39.1. The Bertz CT molecular complexity index is 4400. The van der Waals surface area contributed by atoms with Crippen LogP contribution >= 0.6 is 45.3 Å². The van der Waals surface area contributed by atoms with E-state index in [4.69, 9.17) is 29.9 Å². The van der Waals surface area contributed by atoms with Crippen LogP contribution in [-0.2, 0) is 34.7 Å². The highest BCUT2D eigenvalue weighted by molar-refractivity contribution is 7.24. The SMILES string of the molecule is CCCCC(CC)COc1c2cc(C(C)(C)C(C)(C)C)sc2c(OCC(CC)CCCC)c2cc(-c3ccc(C(C)(C)C(C)(C)c4ccc(-c5ccc(-c6ccc(-c7ccc(C(C)(C)C(C)(C)C)c8nn(CC(CC)CCCC)nc78)s6)c(F)c5F)s4)c4nn(CC(CC)CCCC)nc34)sc12. The van der Waals surface area contributed by atoms with Crippen molar-refractivity contribution in [3.63, 3.8) is 0 Å². The second-order valence-electron chi connectivity index (χ2n) is 34.0. The topological polar surface area (TPSA) is 79.9 Å². The molecule has 102 heavy (non-hydrogen) atoms. The van der Waals surface area contributed by atoms with Crippen LogP contribution in [0.4, 0.5) is 8.78 Å². The van der Waals surface area contributed by atoms with Crippen LogP contribution in [0.5, 0.6) is 11.5 Å². The minimum Gasteiger partial charge on any atom is -0.491 e. The molecule has 10 rings (SSSR count). The Morgan fingerprint density at radius 2 is 0.755 bits per heavy atom. The van der Waals surface area contributed by atoms with Crippen molar-refractivity contribution in [3.05, 3.63) is 105 Å². The Balaban J connectivity index is 1.03. The lowest BCUT2D eigenvalue weighted by Crippen LogP contribution is -2.40. The van der Waals surface area contributed by atoms with Gasteiger partial charge < -0.3 is 9.47 Å². The van der Waals surface area contributed by atoms with Crippen LogP contribution in [0.1, 0.15) is 276 Å². The summed E-state index contributed by atoms with van der Waals surface area (Å²) in [5.74, 6) is 2.05. The molecule has 0 saturated carbocycles. The summed E-state index contributed by atoms with van der Waals surface area (Å²) in [6.07, 6.45) is 18.1. The molecular weight excluding hydrogens is 1340 g/mol. The first-order chi connectivity index (χ1) is 48.3. The van der Waals surface area contributed by atoms with Crippen molar-refractivity contribution >= 4 is 87.6 Å². The zero-order chi connectivity index (χ0) is 74.0. The molecule has 0 fully saturated rings. The molecule has 0 aliphatic carbocycles. The minimum absolute atomic E-state index is 0.00999. The molecule has 0 bridgehead atoms. The van der Waals surface area contributed by atoms with Crippen LogP contribution in [0.15, 0.2) is 72.8 Å². The lowest BCUT2D eigenvalue weighted by molar-refractivity contribution is 0.227. The van der Waals surface area contributed by atoms with E-state index in [0.717, 1.165) is 170 Å². The van der Waals surface area contributed by atoms with Gasteiger partial charge in [0.1, 0.15) is 33.6 Å². The summed E-state index contributed by atoms with van der Waals surface area (Å²) in [7, 11) is 0.